The maximum atomic E-state index is 12.1. The Morgan fingerprint density at radius 3 is 2.58 bits per heavy atom. The number of hydrogen-bond donors (Lipinski definition) is 1. The van der Waals surface area contributed by atoms with Crippen LogP contribution in [-0.4, -0.2) is 22.3 Å². The summed E-state index contributed by atoms with van der Waals surface area (Å²) in [4.78, 5) is 12.1. The monoisotopic (exact) mass is 259 g/mol. The Labute approximate surface area is 112 Å². The summed E-state index contributed by atoms with van der Waals surface area (Å²) in [6.45, 7) is 4.41. The standard InChI is InChI=1S/C14H17N3O2/c1-4-19-12-7-5-11(6-8-12)14(18)15-13-9-10(2)16-17(13)3/h5-9H,4H2,1-3H3,(H,15,18). The zero-order valence-corrected chi connectivity index (χ0v) is 11.3. The van der Waals surface area contributed by atoms with Crippen LogP contribution in [0.3, 0.4) is 0 Å². The molecule has 0 spiro atoms. The van der Waals surface area contributed by atoms with Crippen molar-refractivity contribution in [3.8, 4) is 5.75 Å². The highest BCUT2D eigenvalue weighted by Crippen LogP contribution is 2.14. The van der Waals surface area contributed by atoms with Crippen molar-refractivity contribution in [2.45, 2.75) is 13.8 Å². The molecule has 1 heterocycles. The van der Waals surface area contributed by atoms with E-state index >= 15 is 0 Å². The van der Waals surface area contributed by atoms with Gasteiger partial charge in [0.25, 0.3) is 5.91 Å². The maximum absolute atomic E-state index is 12.1. The zero-order valence-electron chi connectivity index (χ0n) is 11.3. The summed E-state index contributed by atoms with van der Waals surface area (Å²) in [7, 11) is 1.79. The van der Waals surface area contributed by atoms with Gasteiger partial charge in [0.1, 0.15) is 11.6 Å². The highest BCUT2D eigenvalue weighted by atomic mass is 16.5. The van der Waals surface area contributed by atoms with E-state index in [1.54, 1.807) is 36.0 Å². The molecule has 1 aromatic heterocycles. The number of amides is 1. The van der Waals surface area contributed by atoms with Crippen LogP contribution in [0, 0.1) is 6.92 Å². The van der Waals surface area contributed by atoms with E-state index in [-0.39, 0.29) is 5.91 Å². The van der Waals surface area contributed by atoms with Crippen LogP contribution in [-0.2, 0) is 7.05 Å². The number of aryl methyl sites for hydroxylation is 2. The van der Waals surface area contributed by atoms with E-state index in [1.807, 2.05) is 19.9 Å². The molecule has 0 aliphatic rings. The third kappa shape index (κ3) is 3.13. The number of hydrogen-bond acceptors (Lipinski definition) is 3. The number of anilines is 1. The molecule has 0 bridgehead atoms. The molecule has 19 heavy (non-hydrogen) atoms. The van der Waals surface area contributed by atoms with Crippen LogP contribution in [0.1, 0.15) is 23.0 Å². The highest BCUT2D eigenvalue weighted by Gasteiger charge is 2.09. The molecule has 0 saturated heterocycles. The van der Waals surface area contributed by atoms with Gasteiger partial charge in [0.2, 0.25) is 0 Å². The van der Waals surface area contributed by atoms with Crippen molar-refractivity contribution in [1.82, 2.24) is 9.78 Å². The number of aromatic nitrogens is 2. The minimum atomic E-state index is -0.161. The molecule has 0 aliphatic heterocycles. The summed E-state index contributed by atoms with van der Waals surface area (Å²) in [6, 6.07) is 8.87. The van der Waals surface area contributed by atoms with Crippen molar-refractivity contribution in [2.24, 2.45) is 7.05 Å². The third-order valence-corrected chi connectivity index (χ3v) is 2.67. The van der Waals surface area contributed by atoms with E-state index in [0.717, 1.165) is 11.4 Å². The quantitative estimate of drug-likeness (QED) is 0.917. The summed E-state index contributed by atoms with van der Waals surface area (Å²) in [5.41, 5.74) is 1.45. The molecule has 5 nitrogen and oxygen atoms in total. The second-order valence-electron chi connectivity index (χ2n) is 4.21. The molecule has 0 radical (unpaired) electrons. The van der Waals surface area contributed by atoms with Gasteiger partial charge in [-0.3, -0.25) is 9.48 Å². The summed E-state index contributed by atoms with van der Waals surface area (Å²) in [5.74, 6) is 1.28. The second kappa shape index (κ2) is 5.56. The van der Waals surface area contributed by atoms with Gasteiger partial charge in [-0.05, 0) is 38.1 Å². The third-order valence-electron chi connectivity index (χ3n) is 2.67. The van der Waals surface area contributed by atoms with Crippen LogP contribution in [0.25, 0.3) is 0 Å². The Morgan fingerprint density at radius 2 is 2.05 bits per heavy atom. The Morgan fingerprint density at radius 1 is 1.37 bits per heavy atom. The molecule has 0 atom stereocenters. The van der Waals surface area contributed by atoms with Crippen LogP contribution in [0.2, 0.25) is 0 Å². The summed E-state index contributed by atoms with van der Waals surface area (Å²) >= 11 is 0. The van der Waals surface area contributed by atoms with Gasteiger partial charge in [-0.25, -0.2) is 0 Å². The largest absolute Gasteiger partial charge is 0.494 e. The van der Waals surface area contributed by atoms with E-state index in [0.29, 0.717) is 18.0 Å². The normalized spacial score (nSPS) is 10.3. The lowest BCUT2D eigenvalue weighted by Crippen LogP contribution is -2.14. The van der Waals surface area contributed by atoms with Gasteiger partial charge in [0.05, 0.1) is 12.3 Å². The van der Waals surface area contributed by atoms with Crippen molar-refractivity contribution >= 4 is 11.7 Å². The predicted molar refractivity (Wildman–Crippen MR) is 73.5 cm³/mol. The molecular formula is C14H17N3O2. The molecule has 1 N–H and O–H groups in total. The van der Waals surface area contributed by atoms with Crippen molar-refractivity contribution < 1.29 is 9.53 Å². The number of nitrogens with zero attached hydrogens (tertiary/aromatic N) is 2. The molecule has 0 aliphatic carbocycles. The molecule has 100 valence electrons. The van der Waals surface area contributed by atoms with Gasteiger partial charge in [-0.2, -0.15) is 5.10 Å². The second-order valence-corrected chi connectivity index (χ2v) is 4.21. The Balaban J connectivity index is 2.09. The van der Waals surface area contributed by atoms with Gasteiger partial charge in [-0.15, -0.1) is 0 Å². The fourth-order valence-corrected chi connectivity index (χ4v) is 1.79. The van der Waals surface area contributed by atoms with Gasteiger partial charge in [0.15, 0.2) is 0 Å². The summed E-state index contributed by atoms with van der Waals surface area (Å²) < 4.78 is 6.98. The molecule has 1 amide bonds. The Bertz CT molecular complexity index is 573. The number of carbonyl (C=O) groups excluding carboxylic acids is 1. The first-order chi connectivity index (χ1) is 9.10. The van der Waals surface area contributed by atoms with Gasteiger partial charge in [-0.1, -0.05) is 0 Å². The minimum absolute atomic E-state index is 0.161. The smallest absolute Gasteiger partial charge is 0.256 e. The first-order valence-electron chi connectivity index (χ1n) is 6.15. The lowest BCUT2D eigenvalue weighted by Gasteiger charge is -2.06. The van der Waals surface area contributed by atoms with Crippen LogP contribution >= 0.6 is 0 Å². The van der Waals surface area contributed by atoms with Crippen molar-refractivity contribution in [1.29, 1.82) is 0 Å². The average molecular weight is 259 g/mol. The molecule has 1 aromatic carbocycles. The fraction of sp³-hybridized carbons (Fsp3) is 0.286. The maximum Gasteiger partial charge on any atom is 0.256 e. The zero-order chi connectivity index (χ0) is 13.8. The van der Waals surface area contributed by atoms with Gasteiger partial charge < -0.3 is 10.1 Å². The molecule has 2 aromatic rings. The SMILES string of the molecule is CCOc1ccc(C(=O)Nc2cc(C)nn2C)cc1. The Hall–Kier alpha value is -2.30. The lowest BCUT2D eigenvalue weighted by molar-refractivity contribution is 0.102. The van der Waals surface area contributed by atoms with E-state index in [2.05, 4.69) is 10.4 Å². The number of carbonyl (C=O) groups is 1. The van der Waals surface area contributed by atoms with Crippen LogP contribution in [0.5, 0.6) is 5.75 Å². The van der Waals surface area contributed by atoms with Crippen molar-refractivity contribution in [3.05, 3.63) is 41.6 Å². The molecule has 2 rings (SSSR count). The Kier molecular flexibility index (Phi) is 3.85. The van der Waals surface area contributed by atoms with Crippen LogP contribution < -0.4 is 10.1 Å². The first kappa shape index (κ1) is 13.1. The fourth-order valence-electron chi connectivity index (χ4n) is 1.79. The number of ether oxygens (including phenoxy) is 1. The van der Waals surface area contributed by atoms with Crippen molar-refractivity contribution in [2.75, 3.05) is 11.9 Å². The topological polar surface area (TPSA) is 56.1 Å². The van der Waals surface area contributed by atoms with Gasteiger partial charge >= 0.3 is 0 Å². The van der Waals surface area contributed by atoms with E-state index < -0.39 is 0 Å². The first-order valence-corrected chi connectivity index (χ1v) is 6.15. The molecule has 0 fully saturated rings. The average Bonchev–Trinajstić information content (AvgIpc) is 2.69. The molecule has 5 heteroatoms. The van der Waals surface area contributed by atoms with E-state index in [9.17, 15) is 4.79 Å². The van der Waals surface area contributed by atoms with Crippen LogP contribution in [0.4, 0.5) is 5.82 Å². The highest BCUT2D eigenvalue weighted by molar-refractivity contribution is 6.03. The molecule has 0 unspecified atom stereocenters. The minimum Gasteiger partial charge on any atom is -0.494 e. The number of rotatable bonds is 4. The summed E-state index contributed by atoms with van der Waals surface area (Å²) in [5, 5.41) is 7.00. The predicted octanol–water partition coefficient (Wildman–Crippen LogP) is 2.38. The lowest BCUT2D eigenvalue weighted by atomic mass is 10.2. The van der Waals surface area contributed by atoms with E-state index in [1.165, 1.54) is 0 Å². The van der Waals surface area contributed by atoms with E-state index in [4.69, 9.17) is 4.74 Å². The summed E-state index contributed by atoms with van der Waals surface area (Å²) in [6.07, 6.45) is 0. The molecular weight excluding hydrogens is 242 g/mol. The van der Waals surface area contributed by atoms with Crippen molar-refractivity contribution in [3.63, 3.8) is 0 Å². The molecule has 0 saturated carbocycles. The number of nitrogens with one attached hydrogen (secondary N) is 1. The van der Waals surface area contributed by atoms with Crippen LogP contribution in [0.15, 0.2) is 30.3 Å². The number of benzene rings is 1. The van der Waals surface area contributed by atoms with Gasteiger partial charge in [0, 0.05) is 18.7 Å².